The molecule has 2 aliphatic rings. The number of hydrogen-bond donors (Lipinski definition) is 1. The molecule has 1 N–H and O–H groups in total. The fourth-order valence-electron chi connectivity index (χ4n) is 4.36. The van der Waals surface area contributed by atoms with Gasteiger partial charge in [-0.3, -0.25) is 4.79 Å². The van der Waals surface area contributed by atoms with Gasteiger partial charge in [-0.1, -0.05) is 31.2 Å². The van der Waals surface area contributed by atoms with Crippen molar-refractivity contribution in [3.8, 4) is 0 Å². The maximum atomic E-state index is 12.9. The third kappa shape index (κ3) is 4.65. The molecule has 2 heterocycles. The normalized spacial score (nSPS) is 18.4. The van der Waals surface area contributed by atoms with Crippen molar-refractivity contribution in [3.05, 3.63) is 53.6 Å². The van der Waals surface area contributed by atoms with Gasteiger partial charge in [0.25, 0.3) is 10.0 Å². The molecule has 0 bridgehead atoms. The number of hydrogen-bond acceptors (Lipinski definition) is 5. The van der Waals surface area contributed by atoms with E-state index < -0.39 is 10.0 Å². The number of aryl methyl sites for hydroxylation is 1. The Labute approximate surface area is 190 Å². The Bertz CT molecular complexity index is 1150. The number of amides is 1. The monoisotopic (exact) mass is 454 g/mol. The molecule has 32 heavy (non-hydrogen) atoms. The number of piperazine rings is 1. The van der Waals surface area contributed by atoms with Gasteiger partial charge in [0.05, 0.1) is 5.69 Å². The Balaban J connectivity index is 1.32. The van der Waals surface area contributed by atoms with Crippen LogP contribution in [0.2, 0.25) is 0 Å². The summed E-state index contributed by atoms with van der Waals surface area (Å²) in [7, 11) is -3.70. The zero-order valence-corrected chi connectivity index (χ0v) is 19.7. The van der Waals surface area contributed by atoms with Crippen LogP contribution in [0.25, 0.3) is 0 Å². The summed E-state index contributed by atoms with van der Waals surface area (Å²) in [5.41, 5.74) is 4.35. The van der Waals surface area contributed by atoms with E-state index >= 15 is 0 Å². The van der Waals surface area contributed by atoms with Crippen molar-refractivity contribution in [2.75, 3.05) is 36.4 Å². The summed E-state index contributed by atoms with van der Waals surface area (Å²) in [6.07, 6.45) is 0.771. The molecule has 2 aromatic carbocycles. The molecule has 7 nitrogen and oxygen atoms in total. The van der Waals surface area contributed by atoms with Gasteiger partial charge in [0.1, 0.15) is 10.7 Å². The third-order valence-corrected chi connectivity index (χ3v) is 7.66. The molecule has 0 spiro atoms. The molecular formula is C24H30N4O3S. The number of anilines is 2. The zero-order chi connectivity index (χ0) is 22.9. The Morgan fingerprint density at radius 2 is 1.78 bits per heavy atom. The molecular weight excluding hydrogens is 424 g/mol. The van der Waals surface area contributed by atoms with E-state index in [0.29, 0.717) is 37.5 Å². The molecule has 0 saturated carbocycles. The number of amidine groups is 1. The number of nitrogens with one attached hydrogen (secondary N) is 1. The Kier molecular flexibility index (Phi) is 6.24. The van der Waals surface area contributed by atoms with Crippen LogP contribution in [0.4, 0.5) is 11.4 Å². The average molecular weight is 455 g/mol. The average Bonchev–Trinajstić information content (AvgIpc) is 2.75. The van der Waals surface area contributed by atoms with Crippen molar-refractivity contribution in [3.63, 3.8) is 0 Å². The minimum Gasteiger partial charge on any atom is -0.368 e. The summed E-state index contributed by atoms with van der Waals surface area (Å²) in [5.74, 6) is 0.479. The topological polar surface area (TPSA) is 82.1 Å². The highest BCUT2D eigenvalue weighted by Crippen LogP contribution is 2.28. The molecule has 2 aromatic rings. The molecule has 1 saturated heterocycles. The number of para-hydroxylation sites is 1. The van der Waals surface area contributed by atoms with E-state index in [1.165, 1.54) is 16.8 Å². The SMILES string of the molecule is Cc1cccc(N2CCN(C(=O)C[C@H](C)CC3=NS(=O)(=O)c4ccccc4N3)CC2)c1C. The quantitative estimate of drug-likeness (QED) is 0.747. The number of sulfonamides is 1. The van der Waals surface area contributed by atoms with Crippen molar-refractivity contribution in [2.45, 2.75) is 38.5 Å². The lowest BCUT2D eigenvalue weighted by molar-refractivity contribution is -0.132. The number of benzene rings is 2. The van der Waals surface area contributed by atoms with E-state index in [4.69, 9.17) is 0 Å². The number of fused-ring (bicyclic) bond motifs is 1. The lowest BCUT2D eigenvalue weighted by Gasteiger charge is -2.37. The van der Waals surface area contributed by atoms with Gasteiger partial charge in [-0.25, -0.2) is 0 Å². The Morgan fingerprint density at radius 3 is 2.53 bits per heavy atom. The van der Waals surface area contributed by atoms with Crippen molar-refractivity contribution >= 4 is 33.1 Å². The predicted octanol–water partition coefficient (Wildman–Crippen LogP) is 3.58. The molecule has 8 heteroatoms. The first kappa shape index (κ1) is 22.3. The highest BCUT2D eigenvalue weighted by Gasteiger charge is 2.27. The first-order valence-electron chi connectivity index (χ1n) is 11.0. The van der Waals surface area contributed by atoms with Crippen LogP contribution in [0.5, 0.6) is 0 Å². The zero-order valence-electron chi connectivity index (χ0n) is 18.8. The highest BCUT2D eigenvalue weighted by molar-refractivity contribution is 7.90. The van der Waals surface area contributed by atoms with E-state index in [1.54, 1.807) is 24.3 Å². The minimum atomic E-state index is -3.70. The Hall–Kier alpha value is -2.87. The van der Waals surface area contributed by atoms with Crippen LogP contribution in [0.3, 0.4) is 0 Å². The van der Waals surface area contributed by atoms with Crippen LogP contribution < -0.4 is 10.2 Å². The molecule has 0 aliphatic carbocycles. The van der Waals surface area contributed by atoms with Crippen molar-refractivity contribution in [2.24, 2.45) is 10.3 Å². The third-order valence-electron chi connectivity index (χ3n) is 6.29. The maximum Gasteiger partial charge on any atom is 0.286 e. The van der Waals surface area contributed by atoms with Gasteiger partial charge in [0.2, 0.25) is 5.91 Å². The second-order valence-electron chi connectivity index (χ2n) is 8.73. The van der Waals surface area contributed by atoms with E-state index in [0.717, 1.165) is 13.1 Å². The van der Waals surface area contributed by atoms with Gasteiger partial charge >= 0.3 is 0 Å². The number of rotatable bonds is 5. The molecule has 1 amide bonds. The summed E-state index contributed by atoms with van der Waals surface area (Å²) in [6, 6.07) is 13.1. The molecule has 4 rings (SSSR count). The van der Waals surface area contributed by atoms with Crippen molar-refractivity contribution < 1.29 is 13.2 Å². The predicted molar refractivity (Wildman–Crippen MR) is 128 cm³/mol. The van der Waals surface area contributed by atoms with Gasteiger partial charge in [-0.15, -0.1) is 4.40 Å². The van der Waals surface area contributed by atoms with Gasteiger partial charge in [-0.2, -0.15) is 8.42 Å². The maximum absolute atomic E-state index is 12.9. The van der Waals surface area contributed by atoms with E-state index in [9.17, 15) is 13.2 Å². The molecule has 0 aromatic heterocycles. The van der Waals surface area contributed by atoms with Crippen LogP contribution in [0, 0.1) is 19.8 Å². The largest absolute Gasteiger partial charge is 0.368 e. The molecule has 1 fully saturated rings. The van der Waals surface area contributed by atoms with E-state index in [1.807, 2.05) is 11.8 Å². The van der Waals surface area contributed by atoms with Crippen LogP contribution in [-0.4, -0.2) is 51.2 Å². The van der Waals surface area contributed by atoms with Crippen LogP contribution in [0.15, 0.2) is 51.8 Å². The highest BCUT2D eigenvalue weighted by atomic mass is 32.2. The summed E-state index contributed by atoms with van der Waals surface area (Å²) in [4.78, 5) is 17.3. The minimum absolute atomic E-state index is 0.0220. The van der Waals surface area contributed by atoms with E-state index in [2.05, 4.69) is 46.7 Å². The van der Waals surface area contributed by atoms with Crippen LogP contribution in [0.1, 0.15) is 30.9 Å². The van der Waals surface area contributed by atoms with Crippen molar-refractivity contribution in [1.29, 1.82) is 0 Å². The lowest BCUT2D eigenvalue weighted by atomic mass is 10.0. The second-order valence-corrected chi connectivity index (χ2v) is 10.3. The number of carbonyl (C=O) groups is 1. The van der Waals surface area contributed by atoms with Gasteiger partial charge in [-0.05, 0) is 49.1 Å². The van der Waals surface area contributed by atoms with Gasteiger partial charge in [0, 0.05) is 44.7 Å². The van der Waals surface area contributed by atoms with E-state index in [-0.39, 0.29) is 16.7 Å². The fourth-order valence-corrected chi connectivity index (χ4v) is 5.52. The Morgan fingerprint density at radius 1 is 1.06 bits per heavy atom. The second kappa shape index (κ2) is 8.94. The van der Waals surface area contributed by atoms with Crippen LogP contribution >= 0.6 is 0 Å². The van der Waals surface area contributed by atoms with Gasteiger partial charge < -0.3 is 15.1 Å². The number of carbonyl (C=O) groups excluding carboxylic acids is 1. The van der Waals surface area contributed by atoms with Crippen molar-refractivity contribution in [1.82, 2.24) is 4.90 Å². The summed E-state index contributed by atoms with van der Waals surface area (Å²) >= 11 is 0. The molecule has 1 atom stereocenters. The number of nitrogens with zero attached hydrogens (tertiary/aromatic N) is 3. The summed E-state index contributed by atoms with van der Waals surface area (Å²) in [5, 5.41) is 3.11. The smallest absolute Gasteiger partial charge is 0.286 e. The van der Waals surface area contributed by atoms with Crippen LogP contribution in [-0.2, 0) is 14.8 Å². The summed E-state index contributed by atoms with van der Waals surface area (Å²) in [6.45, 7) is 9.24. The molecule has 170 valence electrons. The fraction of sp³-hybridized carbons (Fsp3) is 0.417. The lowest BCUT2D eigenvalue weighted by Crippen LogP contribution is -2.49. The standard InChI is InChI=1S/C24H30N4O3S/c1-17(15-23-25-20-8-4-5-10-22(20)32(30,31)26-23)16-24(29)28-13-11-27(12-14-28)21-9-6-7-18(2)19(21)3/h4-10,17H,11-16H2,1-3H3,(H,25,26)/t17-/m1/s1. The first-order chi connectivity index (χ1) is 15.2. The first-order valence-corrected chi connectivity index (χ1v) is 12.5. The molecule has 0 radical (unpaired) electrons. The molecule has 0 unspecified atom stereocenters. The summed E-state index contributed by atoms with van der Waals surface area (Å²) < 4.78 is 28.8. The van der Waals surface area contributed by atoms with Gasteiger partial charge in [0.15, 0.2) is 0 Å². The molecule has 2 aliphatic heterocycles.